The Kier molecular flexibility index (Phi) is 2.92. The molecule has 2 rings (SSSR count). The van der Waals surface area contributed by atoms with Crippen molar-refractivity contribution in [3.05, 3.63) is 29.8 Å². The van der Waals surface area contributed by atoms with Crippen LogP contribution in [-0.4, -0.2) is 26.0 Å². The second-order valence-corrected chi connectivity index (χ2v) is 3.39. The van der Waals surface area contributed by atoms with Gasteiger partial charge in [0.2, 0.25) is 17.8 Å². The van der Waals surface area contributed by atoms with Gasteiger partial charge in [0.05, 0.1) is 5.56 Å². The summed E-state index contributed by atoms with van der Waals surface area (Å²) in [5.41, 5.74) is 11.5. The molecule has 1 aromatic heterocycles. The molecule has 6 N–H and O–H groups in total. The molecule has 0 unspecified atom stereocenters. The first-order valence-corrected chi connectivity index (χ1v) is 4.92. The summed E-state index contributed by atoms with van der Waals surface area (Å²) in [6.45, 7) is 0. The van der Waals surface area contributed by atoms with Crippen molar-refractivity contribution in [1.82, 2.24) is 15.0 Å². The Bertz CT molecular complexity index is 580. The lowest BCUT2D eigenvalue weighted by Crippen LogP contribution is -2.06. The average Bonchev–Trinajstić information content (AvgIpc) is 2.27. The van der Waals surface area contributed by atoms with Gasteiger partial charge in [-0.3, -0.25) is 0 Å². The van der Waals surface area contributed by atoms with E-state index in [9.17, 15) is 4.79 Å². The topological polar surface area (TPSA) is 140 Å². The molecule has 1 aromatic carbocycles. The summed E-state index contributed by atoms with van der Waals surface area (Å²) in [5, 5.41) is 11.6. The van der Waals surface area contributed by atoms with Gasteiger partial charge in [0, 0.05) is 5.69 Å². The average molecular weight is 246 g/mol. The second kappa shape index (κ2) is 4.53. The number of hydrogen-bond donors (Lipinski definition) is 4. The lowest BCUT2D eigenvalue weighted by Gasteiger charge is -2.06. The molecule has 0 atom stereocenters. The van der Waals surface area contributed by atoms with Gasteiger partial charge in [0.25, 0.3) is 0 Å². The van der Waals surface area contributed by atoms with Crippen molar-refractivity contribution in [2.45, 2.75) is 0 Å². The summed E-state index contributed by atoms with van der Waals surface area (Å²) < 4.78 is 0. The highest BCUT2D eigenvalue weighted by molar-refractivity contribution is 5.89. The van der Waals surface area contributed by atoms with E-state index in [-0.39, 0.29) is 23.4 Å². The van der Waals surface area contributed by atoms with Crippen LogP contribution in [0.3, 0.4) is 0 Å². The van der Waals surface area contributed by atoms with Crippen LogP contribution in [0.25, 0.3) is 0 Å². The Morgan fingerprint density at radius 2 is 1.83 bits per heavy atom. The van der Waals surface area contributed by atoms with E-state index >= 15 is 0 Å². The number of aromatic carboxylic acids is 1. The predicted molar refractivity (Wildman–Crippen MR) is 65.3 cm³/mol. The van der Waals surface area contributed by atoms with E-state index < -0.39 is 5.97 Å². The number of nitrogen functional groups attached to an aromatic ring is 2. The summed E-state index contributed by atoms with van der Waals surface area (Å²) in [4.78, 5) is 22.1. The molecule has 0 aliphatic heterocycles. The quantitative estimate of drug-likeness (QED) is 0.612. The van der Waals surface area contributed by atoms with Gasteiger partial charge in [-0.25, -0.2) is 4.79 Å². The minimum atomic E-state index is -1.02. The highest BCUT2D eigenvalue weighted by Gasteiger charge is 2.05. The number of hydrogen-bond acceptors (Lipinski definition) is 7. The van der Waals surface area contributed by atoms with Crippen LogP contribution in [0.4, 0.5) is 23.5 Å². The Hall–Kier alpha value is -2.90. The van der Waals surface area contributed by atoms with Gasteiger partial charge in [-0.05, 0) is 18.2 Å². The largest absolute Gasteiger partial charge is 0.478 e. The van der Waals surface area contributed by atoms with Gasteiger partial charge in [-0.2, -0.15) is 15.0 Å². The molecule has 8 heteroatoms. The number of carbonyl (C=O) groups is 1. The fourth-order valence-corrected chi connectivity index (χ4v) is 1.32. The zero-order chi connectivity index (χ0) is 13.1. The monoisotopic (exact) mass is 246 g/mol. The Morgan fingerprint density at radius 1 is 1.17 bits per heavy atom. The third-order valence-electron chi connectivity index (χ3n) is 2.04. The first-order valence-electron chi connectivity index (χ1n) is 4.92. The van der Waals surface area contributed by atoms with Crippen LogP contribution in [-0.2, 0) is 0 Å². The lowest BCUT2D eigenvalue weighted by molar-refractivity contribution is 0.0697. The number of carboxylic acid groups (broad SMARTS) is 1. The Labute approximate surface area is 102 Å². The molecule has 0 fully saturated rings. The van der Waals surface area contributed by atoms with E-state index in [1.807, 2.05) is 0 Å². The van der Waals surface area contributed by atoms with Crippen LogP contribution >= 0.6 is 0 Å². The molecule has 0 radical (unpaired) electrons. The number of anilines is 4. The Balaban J connectivity index is 2.28. The normalized spacial score (nSPS) is 10.0. The summed E-state index contributed by atoms with van der Waals surface area (Å²) >= 11 is 0. The molecule has 2 aromatic rings. The number of benzene rings is 1. The van der Waals surface area contributed by atoms with Crippen molar-refractivity contribution in [3.63, 3.8) is 0 Å². The van der Waals surface area contributed by atoms with Gasteiger partial charge < -0.3 is 21.9 Å². The van der Waals surface area contributed by atoms with Crippen molar-refractivity contribution in [3.8, 4) is 0 Å². The fraction of sp³-hybridized carbons (Fsp3) is 0. The molecular weight excluding hydrogens is 236 g/mol. The van der Waals surface area contributed by atoms with Gasteiger partial charge in [0.15, 0.2) is 0 Å². The maximum Gasteiger partial charge on any atom is 0.335 e. The molecule has 92 valence electrons. The smallest absolute Gasteiger partial charge is 0.335 e. The highest BCUT2D eigenvalue weighted by atomic mass is 16.4. The van der Waals surface area contributed by atoms with E-state index in [4.69, 9.17) is 16.6 Å². The number of rotatable bonds is 3. The number of nitrogens with one attached hydrogen (secondary N) is 1. The fourth-order valence-electron chi connectivity index (χ4n) is 1.32. The van der Waals surface area contributed by atoms with Crippen molar-refractivity contribution in [1.29, 1.82) is 0 Å². The molecule has 0 aliphatic rings. The standard InChI is InChI=1S/C10H10N6O2/c11-8-14-9(12)16-10(15-8)13-6-3-1-2-5(4-6)7(17)18/h1-4H,(H,17,18)(H5,11,12,13,14,15,16). The zero-order valence-electron chi connectivity index (χ0n) is 9.16. The highest BCUT2D eigenvalue weighted by Crippen LogP contribution is 2.15. The lowest BCUT2D eigenvalue weighted by atomic mass is 10.2. The minimum Gasteiger partial charge on any atom is -0.478 e. The van der Waals surface area contributed by atoms with Gasteiger partial charge in [-0.15, -0.1) is 0 Å². The van der Waals surface area contributed by atoms with Crippen molar-refractivity contribution in [2.75, 3.05) is 16.8 Å². The molecule has 0 spiro atoms. The maximum atomic E-state index is 10.8. The number of nitrogens with zero attached hydrogens (tertiary/aromatic N) is 3. The van der Waals surface area contributed by atoms with Crippen LogP contribution in [0.2, 0.25) is 0 Å². The van der Waals surface area contributed by atoms with Crippen LogP contribution in [0.1, 0.15) is 10.4 Å². The van der Waals surface area contributed by atoms with Crippen molar-refractivity contribution < 1.29 is 9.90 Å². The van der Waals surface area contributed by atoms with Crippen LogP contribution in [0, 0.1) is 0 Å². The van der Waals surface area contributed by atoms with Crippen molar-refractivity contribution in [2.24, 2.45) is 0 Å². The molecule has 0 saturated heterocycles. The van der Waals surface area contributed by atoms with Gasteiger partial charge in [-0.1, -0.05) is 6.07 Å². The first-order chi connectivity index (χ1) is 8.54. The maximum absolute atomic E-state index is 10.8. The molecule has 1 heterocycles. The van der Waals surface area contributed by atoms with E-state index in [1.54, 1.807) is 12.1 Å². The van der Waals surface area contributed by atoms with E-state index in [0.717, 1.165) is 0 Å². The van der Waals surface area contributed by atoms with Crippen LogP contribution in [0.15, 0.2) is 24.3 Å². The summed E-state index contributed by atoms with van der Waals surface area (Å²) in [7, 11) is 0. The molecule has 8 nitrogen and oxygen atoms in total. The zero-order valence-corrected chi connectivity index (χ0v) is 9.16. The van der Waals surface area contributed by atoms with Crippen molar-refractivity contribution >= 4 is 29.5 Å². The number of aromatic nitrogens is 3. The summed E-state index contributed by atoms with van der Waals surface area (Å²) in [6.07, 6.45) is 0. The minimum absolute atomic E-state index is 0.0145. The predicted octanol–water partition coefficient (Wildman–Crippen LogP) is 0.478. The molecule has 0 bridgehead atoms. The molecule has 0 amide bonds. The van der Waals surface area contributed by atoms with Gasteiger partial charge >= 0.3 is 5.97 Å². The number of nitrogens with two attached hydrogens (primary N) is 2. The van der Waals surface area contributed by atoms with E-state index in [1.165, 1.54) is 12.1 Å². The van der Waals surface area contributed by atoms with Crippen LogP contribution in [0.5, 0.6) is 0 Å². The van der Waals surface area contributed by atoms with Gasteiger partial charge in [0.1, 0.15) is 0 Å². The SMILES string of the molecule is Nc1nc(N)nc(Nc2cccc(C(=O)O)c2)n1. The summed E-state index contributed by atoms with van der Waals surface area (Å²) in [6, 6.07) is 6.18. The summed E-state index contributed by atoms with van der Waals surface area (Å²) in [5.74, 6) is -0.894. The molecule has 0 saturated carbocycles. The molecular formula is C10H10N6O2. The molecule has 0 aliphatic carbocycles. The Morgan fingerprint density at radius 3 is 2.44 bits per heavy atom. The van der Waals surface area contributed by atoms with E-state index in [0.29, 0.717) is 5.69 Å². The third kappa shape index (κ3) is 2.61. The second-order valence-electron chi connectivity index (χ2n) is 3.39. The van der Waals surface area contributed by atoms with Crippen LogP contribution < -0.4 is 16.8 Å². The molecule has 18 heavy (non-hydrogen) atoms. The third-order valence-corrected chi connectivity index (χ3v) is 2.04. The van der Waals surface area contributed by atoms with E-state index in [2.05, 4.69) is 20.3 Å². The number of carboxylic acids is 1. The first kappa shape index (κ1) is 11.6.